The fourth-order valence-electron chi connectivity index (χ4n) is 1.20. The molecule has 3 nitrogen and oxygen atoms in total. The molecule has 1 rings (SSSR count). The number of nitrogens with one attached hydrogen (secondary N) is 1. The first-order chi connectivity index (χ1) is 6.59. The van der Waals surface area contributed by atoms with Crippen LogP contribution in [-0.2, 0) is 7.05 Å². The van der Waals surface area contributed by atoms with E-state index in [2.05, 4.69) is 19.2 Å². The van der Waals surface area contributed by atoms with E-state index >= 15 is 0 Å². The molecular formula is C11H18N2O. The molecule has 0 aliphatic carbocycles. The molecule has 14 heavy (non-hydrogen) atoms. The van der Waals surface area contributed by atoms with Crippen LogP contribution in [0.1, 0.15) is 20.3 Å². The SMILES string of the molecule is CC(C)CCNc1ccc(=O)n(C)c1. The first-order valence-electron chi connectivity index (χ1n) is 5.00. The molecule has 0 bridgehead atoms. The van der Waals surface area contributed by atoms with Gasteiger partial charge in [-0.2, -0.15) is 0 Å². The number of aromatic nitrogens is 1. The lowest BCUT2D eigenvalue weighted by molar-refractivity contribution is 0.607. The summed E-state index contributed by atoms with van der Waals surface area (Å²) >= 11 is 0. The fourth-order valence-corrected chi connectivity index (χ4v) is 1.20. The minimum Gasteiger partial charge on any atom is -0.384 e. The molecule has 1 aromatic rings. The molecule has 1 heterocycles. The molecule has 3 heteroatoms. The maximum Gasteiger partial charge on any atom is 0.250 e. The van der Waals surface area contributed by atoms with Gasteiger partial charge in [0, 0.05) is 25.9 Å². The smallest absolute Gasteiger partial charge is 0.250 e. The van der Waals surface area contributed by atoms with Gasteiger partial charge in [-0.3, -0.25) is 4.79 Å². The third-order valence-corrected chi connectivity index (χ3v) is 2.14. The second-order valence-corrected chi connectivity index (χ2v) is 3.98. The van der Waals surface area contributed by atoms with E-state index in [4.69, 9.17) is 0 Å². The zero-order valence-electron chi connectivity index (χ0n) is 9.08. The van der Waals surface area contributed by atoms with Crippen LogP contribution in [0, 0.1) is 5.92 Å². The second kappa shape index (κ2) is 4.84. The van der Waals surface area contributed by atoms with Crippen LogP contribution < -0.4 is 10.9 Å². The Kier molecular flexibility index (Phi) is 3.74. The summed E-state index contributed by atoms with van der Waals surface area (Å²) in [5.74, 6) is 0.704. The normalized spacial score (nSPS) is 10.6. The van der Waals surface area contributed by atoms with E-state index < -0.39 is 0 Å². The number of hydrogen-bond donors (Lipinski definition) is 1. The standard InChI is InChI=1S/C11H18N2O/c1-9(2)6-7-12-10-4-5-11(14)13(3)8-10/h4-5,8-9,12H,6-7H2,1-3H3. The monoisotopic (exact) mass is 194 g/mol. The number of nitrogens with zero attached hydrogens (tertiary/aromatic N) is 1. The maximum atomic E-state index is 11.1. The third kappa shape index (κ3) is 3.24. The van der Waals surface area contributed by atoms with Crippen LogP contribution >= 0.6 is 0 Å². The Morgan fingerprint density at radius 1 is 1.43 bits per heavy atom. The molecule has 0 aromatic carbocycles. The van der Waals surface area contributed by atoms with Gasteiger partial charge in [0.05, 0.1) is 5.69 Å². The highest BCUT2D eigenvalue weighted by atomic mass is 16.1. The van der Waals surface area contributed by atoms with E-state index in [0.717, 1.165) is 18.7 Å². The second-order valence-electron chi connectivity index (χ2n) is 3.98. The molecule has 0 radical (unpaired) electrons. The van der Waals surface area contributed by atoms with Crippen molar-refractivity contribution in [1.82, 2.24) is 4.57 Å². The summed E-state index contributed by atoms with van der Waals surface area (Å²) in [7, 11) is 1.76. The van der Waals surface area contributed by atoms with Crippen molar-refractivity contribution in [1.29, 1.82) is 0 Å². The van der Waals surface area contributed by atoms with Gasteiger partial charge in [-0.15, -0.1) is 0 Å². The molecule has 0 atom stereocenters. The summed E-state index contributed by atoms with van der Waals surface area (Å²) in [5.41, 5.74) is 1.03. The van der Waals surface area contributed by atoms with E-state index in [9.17, 15) is 4.79 Å². The average Bonchev–Trinajstić information content (AvgIpc) is 2.10. The van der Waals surface area contributed by atoms with E-state index in [0.29, 0.717) is 5.92 Å². The predicted molar refractivity (Wildman–Crippen MR) is 59.6 cm³/mol. The molecule has 78 valence electrons. The number of anilines is 1. The summed E-state index contributed by atoms with van der Waals surface area (Å²) in [4.78, 5) is 11.1. The van der Waals surface area contributed by atoms with Gasteiger partial charge >= 0.3 is 0 Å². The summed E-state index contributed by atoms with van der Waals surface area (Å²) in [6.45, 7) is 5.35. The molecule has 0 aliphatic rings. The van der Waals surface area contributed by atoms with Crippen LogP contribution in [0.25, 0.3) is 0 Å². The molecule has 0 aliphatic heterocycles. The van der Waals surface area contributed by atoms with Gasteiger partial charge < -0.3 is 9.88 Å². The Morgan fingerprint density at radius 2 is 2.14 bits per heavy atom. The number of rotatable bonds is 4. The van der Waals surface area contributed by atoms with E-state index in [1.807, 2.05) is 12.3 Å². The van der Waals surface area contributed by atoms with Gasteiger partial charge in [-0.05, 0) is 18.4 Å². The molecule has 1 aromatic heterocycles. The van der Waals surface area contributed by atoms with Crippen molar-refractivity contribution in [3.63, 3.8) is 0 Å². The molecule has 0 saturated heterocycles. The zero-order chi connectivity index (χ0) is 10.6. The minimum atomic E-state index is 0.0272. The minimum absolute atomic E-state index is 0.0272. The number of pyridine rings is 1. The molecule has 0 fully saturated rings. The summed E-state index contributed by atoms with van der Waals surface area (Å²) in [6.07, 6.45) is 2.96. The lowest BCUT2D eigenvalue weighted by Crippen LogP contribution is -2.15. The largest absolute Gasteiger partial charge is 0.384 e. The molecular weight excluding hydrogens is 176 g/mol. The van der Waals surface area contributed by atoms with Gasteiger partial charge in [0.2, 0.25) is 5.56 Å². The van der Waals surface area contributed by atoms with Crippen molar-refractivity contribution >= 4 is 5.69 Å². The predicted octanol–water partition coefficient (Wildman–Crippen LogP) is 1.84. The molecule has 0 amide bonds. The Bertz CT molecular complexity index is 341. The first kappa shape index (κ1) is 10.8. The van der Waals surface area contributed by atoms with Crippen LogP contribution in [0.2, 0.25) is 0 Å². The van der Waals surface area contributed by atoms with Crippen LogP contribution in [0.15, 0.2) is 23.1 Å². The molecule has 0 unspecified atom stereocenters. The van der Waals surface area contributed by atoms with Crippen molar-refractivity contribution in [2.24, 2.45) is 13.0 Å². The van der Waals surface area contributed by atoms with Gasteiger partial charge in [0.25, 0.3) is 0 Å². The molecule has 0 spiro atoms. The van der Waals surface area contributed by atoms with Crippen LogP contribution in [-0.4, -0.2) is 11.1 Å². The zero-order valence-corrected chi connectivity index (χ0v) is 9.08. The van der Waals surface area contributed by atoms with Gasteiger partial charge in [-0.25, -0.2) is 0 Å². The Hall–Kier alpha value is -1.25. The van der Waals surface area contributed by atoms with Crippen LogP contribution in [0.5, 0.6) is 0 Å². The van der Waals surface area contributed by atoms with E-state index in [1.54, 1.807) is 17.7 Å². The Balaban J connectivity index is 2.52. The van der Waals surface area contributed by atoms with Crippen molar-refractivity contribution in [3.05, 3.63) is 28.7 Å². The lowest BCUT2D eigenvalue weighted by atomic mass is 10.1. The summed E-state index contributed by atoms with van der Waals surface area (Å²) in [6, 6.07) is 3.40. The Morgan fingerprint density at radius 3 is 2.71 bits per heavy atom. The average molecular weight is 194 g/mol. The van der Waals surface area contributed by atoms with Gasteiger partial charge in [0.15, 0.2) is 0 Å². The van der Waals surface area contributed by atoms with Gasteiger partial charge in [0.1, 0.15) is 0 Å². The van der Waals surface area contributed by atoms with Gasteiger partial charge in [-0.1, -0.05) is 13.8 Å². The van der Waals surface area contributed by atoms with Crippen LogP contribution in [0.3, 0.4) is 0 Å². The van der Waals surface area contributed by atoms with Crippen molar-refractivity contribution in [3.8, 4) is 0 Å². The highest BCUT2D eigenvalue weighted by molar-refractivity contribution is 5.39. The maximum absolute atomic E-state index is 11.1. The van der Waals surface area contributed by atoms with Crippen molar-refractivity contribution in [2.75, 3.05) is 11.9 Å². The quantitative estimate of drug-likeness (QED) is 0.793. The number of aryl methyl sites for hydroxylation is 1. The summed E-state index contributed by atoms with van der Waals surface area (Å²) < 4.78 is 1.58. The highest BCUT2D eigenvalue weighted by Gasteiger charge is 1.96. The van der Waals surface area contributed by atoms with Crippen molar-refractivity contribution < 1.29 is 0 Å². The highest BCUT2D eigenvalue weighted by Crippen LogP contribution is 2.04. The van der Waals surface area contributed by atoms with Crippen molar-refractivity contribution in [2.45, 2.75) is 20.3 Å². The topological polar surface area (TPSA) is 34.0 Å². The van der Waals surface area contributed by atoms with Crippen LogP contribution in [0.4, 0.5) is 5.69 Å². The Labute approximate surface area is 84.8 Å². The number of hydrogen-bond acceptors (Lipinski definition) is 2. The summed E-state index contributed by atoms with van der Waals surface area (Å²) in [5, 5.41) is 3.28. The van der Waals surface area contributed by atoms with E-state index in [1.165, 1.54) is 0 Å². The fraction of sp³-hybridized carbons (Fsp3) is 0.545. The first-order valence-corrected chi connectivity index (χ1v) is 5.00. The molecule has 1 N–H and O–H groups in total. The van der Waals surface area contributed by atoms with E-state index in [-0.39, 0.29) is 5.56 Å². The lowest BCUT2D eigenvalue weighted by Gasteiger charge is -2.08. The third-order valence-electron chi connectivity index (χ3n) is 2.14. The molecule has 0 saturated carbocycles.